The lowest BCUT2D eigenvalue weighted by Crippen LogP contribution is -2.59. The molecule has 1 aromatic carbocycles. The number of amides is 1. The highest BCUT2D eigenvalue weighted by Gasteiger charge is 2.63. The van der Waals surface area contributed by atoms with Crippen molar-refractivity contribution < 1.29 is 22.7 Å². The Balaban J connectivity index is 1.74. The van der Waals surface area contributed by atoms with E-state index >= 15 is 0 Å². The predicted molar refractivity (Wildman–Crippen MR) is 159 cm³/mol. The van der Waals surface area contributed by atoms with Crippen molar-refractivity contribution >= 4 is 29.5 Å². The Morgan fingerprint density at radius 2 is 1.93 bits per heavy atom. The van der Waals surface area contributed by atoms with Gasteiger partial charge in [0, 0.05) is 50.1 Å². The topological polar surface area (TPSA) is 112 Å². The van der Waals surface area contributed by atoms with Crippen LogP contribution in [0, 0.1) is 5.92 Å². The first-order chi connectivity index (χ1) is 20.2. The number of aliphatic imine (C=N–C) groups is 1. The summed E-state index contributed by atoms with van der Waals surface area (Å²) >= 11 is 6.16. The molecule has 0 bridgehead atoms. The van der Waals surface area contributed by atoms with Gasteiger partial charge < -0.3 is 9.64 Å². The zero-order valence-corrected chi connectivity index (χ0v) is 26.1. The number of rotatable bonds is 8. The van der Waals surface area contributed by atoms with Crippen LogP contribution in [0.3, 0.4) is 0 Å². The molecule has 3 N–H and O–H groups in total. The van der Waals surface area contributed by atoms with E-state index in [-0.39, 0.29) is 41.8 Å². The van der Waals surface area contributed by atoms with Gasteiger partial charge in [-0.15, -0.1) is 0 Å². The minimum absolute atomic E-state index is 0.00760. The molecule has 236 valence electrons. The molecule has 2 fully saturated rings. The Labute approximate surface area is 255 Å². The van der Waals surface area contributed by atoms with Crippen molar-refractivity contribution in [1.29, 1.82) is 0 Å². The molecule has 2 heterocycles. The number of nitrogens with two attached hydrogens (primary N) is 1. The summed E-state index contributed by atoms with van der Waals surface area (Å²) in [5, 5.41) is 1.24. The molecule has 43 heavy (non-hydrogen) atoms. The first kappa shape index (κ1) is 32.7. The maximum atomic E-state index is 13.7. The van der Waals surface area contributed by atoms with Gasteiger partial charge in [0.25, 0.3) is 0 Å². The molecular formula is C29H40ClF3N8O2. The zero-order chi connectivity index (χ0) is 31.7. The molecule has 4 unspecified atom stereocenters. The van der Waals surface area contributed by atoms with Gasteiger partial charge >= 0.3 is 12.3 Å². The summed E-state index contributed by atoms with van der Waals surface area (Å²) in [7, 11) is 3.22. The van der Waals surface area contributed by atoms with Crippen LogP contribution in [-0.2, 0) is 17.5 Å². The predicted octanol–water partition coefficient (Wildman–Crippen LogP) is 5.41. The molecule has 1 saturated carbocycles. The number of hydrogen-bond donors (Lipinski definition) is 2. The van der Waals surface area contributed by atoms with Crippen LogP contribution in [0.2, 0.25) is 5.02 Å². The van der Waals surface area contributed by atoms with Gasteiger partial charge in [-0.05, 0) is 69.2 Å². The number of likely N-dealkylation sites (tertiary alicyclic amines) is 1. The van der Waals surface area contributed by atoms with E-state index in [1.807, 2.05) is 30.6 Å². The smallest absolute Gasteiger partial charge is 0.416 e. The van der Waals surface area contributed by atoms with E-state index in [0.29, 0.717) is 42.2 Å². The van der Waals surface area contributed by atoms with Gasteiger partial charge in [-0.3, -0.25) is 21.2 Å². The van der Waals surface area contributed by atoms with Crippen LogP contribution in [0.1, 0.15) is 70.1 Å². The molecule has 4 atom stereocenters. The van der Waals surface area contributed by atoms with E-state index in [1.54, 1.807) is 26.5 Å². The number of anilines is 1. The van der Waals surface area contributed by atoms with Crippen LogP contribution < -0.4 is 16.2 Å². The largest absolute Gasteiger partial charge is 0.447 e. The number of aromatic nitrogens is 2. The Bertz CT molecular complexity index is 1320. The molecule has 1 amide bonds. The molecule has 1 aliphatic carbocycles. The average molecular weight is 625 g/mol. The molecule has 10 nitrogen and oxygen atoms in total. The molecule has 1 saturated heterocycles. The Morgan fingerprint density at radius 3 is 2.44 bits per heavy atom. The molecule has 4 rings (SSSR count). The normalized spacial score (nSPS) is 24.1. The number of carbonyl (C=O) groups is 1. The number of alkyl halides is 3. The lowest BCUT2D eigenvalue weighted by Gasteiger charge is -2.49. The van der Waals surface area contributed by atoms with Crippen molar-refractivity contribution in [2.24, 2.45) is 16.8 Å². The van der Waals surface area contributed by atoms with E-state index in [1.165, 1.54) is 11.2 Å². The second-order valence-corrected chi connectivity index (χ2v) is 12.1. The first-order valence-electron chi connectivity index (χ1n) is 14.4. The van der Waals surface area contributed by atoms with Gasteiger partial charge in [-0.1, -0.05) is 25.4 Å². The van der Waals surface area contributed by atoms with Crippen LogP contribution >= 0.6 is 11.6 Å². The standard InChI is InChI=1S/C29H40ClF3N8O2/c1-7-23-11-24(13-28(12-18(28)4)41(23)27(42)43-17(2)3)40(16-19-8-21(29(31,32)33)10-22(30)9-19)26-36-14-20(15-37-26)25(35-5)38-39(6)34/h8-10,14-15,17-18,23-24H,7,11-13,16,34H2,1-6H3,(H,35,38). The minimum atomic E-state index is -4.55. The van der Waals surface area contributed by atoms with Crippen LogP contribution in [0.4, 0.5) is 23.9 Å². The van der Waals surface area contributed by atoms with Crippen molar-refractivity contribution in [2.45, 2.75) is 89.8 Å². The van der Waals surface area contributed by atoms with E-state index in [9.17, 15) is 18.0 Å². The Kier molecular flexibility index (Phi) is 9.77. The van der Waals surface area contributed by atoms with Gasteiger partial charge in [0.1, 0.15) is 5.84 Å². The van der Waals surface area contributed by atoms with Crippen LogP contribution in [0.5, 0.6) is 0 Å². The number of nitrogens with zero attached hydrogens (tertiary/aromatic N) is 6. The molecule has 2 aromatic rings. The number of hydrogen-bond acceptors (Lipinski definition) is 8. The quantitative estimate of drug-likeness (QED) is 0.174. The SMILES string of the molecule is CCC1CC(N(Cc2cc(Cl)cc(C(F)(F)F)c2)c2ncc(C(=NC)NN(C)N)cn2)CC2(CC2C)N1C(=O)OC(C)C. The number of halogens is 4. The Hall–Kier alpha value is -3.16. The fourth-order valence-electron chi connectivity index (χ4n) is 6.11. The monoisotopic (exact) mass is 624 g/mol. The summed E-state index contributed by atoms with van der Waals surface area (Å²) in [6.07, 6.45) is 0.710. The zero-order valence-electron chi connectivity index (χ0n) is 25.3. The van der Waals surface area contributed by atoms with Gasteiger partial charge in [0.2, 0.25) is 5.95 Å². The number of nitrogens with one attached hydrogen (secondary N) is 1. The second-order valence-electron chi connectivity index (χ2n) is 11.7. The number of benzene rings is 1. The van der Waals surface area contributed by atoms with Gasteiger partial charge in [-0.25, -0.2) is 14.8 Å². The van der Waals surface area contributed by atoms with E-state index in [0.717, 1.165) is 18.6 Å². The maximum Gasteiger partial charge on any atom is 0.416 e. The number of ether oxygens (including phenoxy) is 1. The highest BCUT2D eigenvalue weighted by atomic mass is 35.5. The molecule has 1 aliphatic heterocycles. The lowest BCUT2D eigenvalue weighted by atomic mass is 9.86. The first-order valence-corrected chi connectivity index (χ1v) is 14.7. The van der Waals surface area contributed by atoms with E-state index in [4.69, 9.17) is 22.2 Å². The third-order valence-electron chi connectivity index (χ3n) is 8.15. The lowest BCUT2D eigenvalue weighted by molar-refractivity contribution is -0.137. The molecule has 14 heteroatoms. The number of hydrazine groups is 2. The minimum Gasteiger partial charge on any atom is -0.447 e. The molecule has 0 radical (unpaired) electrons. The highest BCUT2D eigenvalue weighted by molar-refractivity contribution is 6.30. The fraction of sp³-hybridized carbons (Fsp3) is 0.586. The van der Waals surface area contributed by atoms with Crippen LogP contribution in [0.15, 0.2) is 35.6 Å². The van der Waals surface area contributed by atoms with Gasteiger partial charge in [0.15, 0.2) is 0 Å². The van der Waals surface area contributed by atoms with Crippen molar-refractivity contribution in [1.82, 2.24) is 25.4 Å². The summed E-state index contributed by atoms with van der Waals surface area (Å²) in [6.45, 7) is 7.88. The number of piperidine rings is 1. The van der Waals surface area contributed by atoms with Crippen molar-refractivity contribution in [3.8, 4) is 0 Å². The van der Waals surface area contributed by atoms with Crippen molar-refractivity contribution in [3.05, 3.63) is 52.3 Å². The summed E-state index contributed by atoms with van der Waals surface area (Å²) in [5.41, 5.74) is 2.60. The van der Waals surface area contributed by atoms with Gasteiger partial charge in [-0.2, -0.15) is 18.3 Å². The summed E-state index contributed by atoms with van der Waals surface area (Å²) in [5.74, 6) is 6.74. The third kappa shape index (κ3) is 7.32. The highest BCUT2D eigenvalue weighted by Crippen LogP contribution is 2.56. The van der Waals surface area contributed by atoms with E-state index in [2.05, 4.69) is 27.3 Å². The molecular weight excluding hydrogens is 585 g/mol. The summed E-state index contributed by atoms with van der Waals surface area (Å²) in [6, 6.07) is 3.25. The number of amidine groups is 1. The second kappa shape index (κ2) is 12.8. The van der Waals surface area contributed by atoms with E-state index < -0.39 is 17.3 Å². The third-order valence-corrected chi connectivity index (χ3v) is 8.37. The van der Waals surface area contributed by atoms with Crippen molar-refractivity contribution in [3.63, 3.8) is 0 Å². The average Bonchev–Trinajstić information content (AvgIpc) is 3.55. The van der Waals surface area contributed by atoms with Gasteiger partial charge in [0.05, 0.1) is 22.8 Å². The van der Waals surface area contributed by atoms with Crippen molar-refractivity contribution in [2.75, 3.05) is 19.0 Å². The summed E-state index contributed by atoms with van der Waals surface area (Å²) < 4.78 is 46.7. The molecule has 2 aliphatic rings. The van der Waals surface area contributed by atoms with Crippen LogP contribution in [-0.4, -0.2) is 69.7 Å². The Morgan fingerprint density at radius 1 is 1.28 bits per heavy atom. The van der Waals surface area contributed by atoms with Crippen LogP contribution in [0.25, 0.3) is 0 Å². The summed E-state index contributed by atoms with van der Waals surface area (Å²) in [4.78, 5) is 30.6. The molecule has 1 aromatic heterocycles. The maximum absolute atomic E-state index is 13.7. The number of carbonyl (C=O) groups excluding carboxylic acids is 1. The fourth-order valence-corrected chi connectivity index (χ4v) is 6.37. The molecule has 1 spiro atoms.